The van der Waals surface area contributed by atoms with Gasteiger partial charge in [0.2, 0.25) is 11.8 Å². The largest absolute Gasteiger partial charge is 0.497 e. The molecule has 3 aromatic carbocycles. The van der Waals surface area contributed by atoms with Crippen molar-refractivity contribution < 1.29 is 19.1 Å². The molecule has 0 N–H and O–H groups in total. The summed E-state index contributed by atoms with van der Waals surface area (Å²) in [5.74, 6) is 0.336. The maximum absolute atomic E-state index is 13.7. The normalized spacial score (nSPS) is 23.9. The van der Waals surface area contributed by atoms with Crippen molar-refractivity contribution in [1.29, 1.82) is 0 Å². The van der Waals surface area contributed by atoms with Crippen molar-refractivity contribution in [3.8, 4) is 11.5 Å². The van der Waals surface area contributed by atoms with E-state index in [1.165, 1.54) is 4.90 Å². The van der Waals surface area contributed by atoms with Crippen molar-refractivity contribution >= 4 is 45.7 Å². The first-order valence-corrected chi connectivity index (χ1v) is 12.9. The van der Waals surface area contributed by atoms with Crippen molar-refractivity contribution in [2.75, 3.05) is 19.1 Å². The summed E-state index contributed by atoms with van der Waals surface area (Å²) in [4.78, 5) is 28.8. The van der Waals surface area contributed by atoms with Gasteiger partial charge in [-0.05, 0) is 87.3 Å². The molecule has 1 aliphatic heterocycles. The van der Waals surface area contributed by atoms with E-state index in [1.807, 2.05) is 72.8 Å². The lowest BCUT2D eigenvalue weighted by Gasteiger charge is -2.22. The average Bonchev–Trinajstić information content (AvgIpc) is 3.54. The number of imide groups is 1. The molecule has 1 heterocycles. The molecule has 1 saturated carbocycles. The second-order valence-electron chi connectivity index (χ2n) is 9.27. The first kappa shape index (κ1) is 23.0. The molecule has 4 atom stereocenters. The highest BCUT2D eigenvalue weighted by Crippen LogP contribution is 2.59. The lowest BCUT2D eigenvalue weighted by Crippen LogP contribution is -2.33. The number of anilines is 1. The number of carbonyl (C=O) groups is 2. The lowest BCUT2D eigenvalue weighted by molar-refractivity contribution is -0.122. The van der Waals surface area contributed by atoms with Crippen LogP contribution in [0, 0.1) is 27.2 Å². The highest BCUT2D eigenvalue weighted by Gasteiger charge is 2.62. The van der Waals surface area contributed by atoms with Gasteiger partial charge in [0.25, 0.3) is 0 Å². The number of rotatable bonds is 5. The number of allylic oxidation sites excluding steroid dienone is 3. The minimum Gasteiger partial charge on any atom is -0.497 e. The Labute approximate surface area is 223 Å². The summed E-state index contributed by atoms with van der Waals surface area (Å²) in [6.45, 7) is 0. The topological polar surface area (TPSA) is 55.8 Å². The molecule has 6 rings (SSSR count). The van der Waals surface area contributed by atoms with Crippen LogP contribution in [-0.2, 0) is 9.59 Å². The van der Waals surface area contributed by atoms with Gasteiger partial charge in [0.05, 0.1) is 31.7 Å². The van der Waals surface area contributed by atoms with E-state index in [1.54, 1.807) is 14.2 Å². The van der Waals surface area contributed by atoms with E-state index >= 15 is 0 Å². The molecule has 2 bridgehead atoms. The summed E-state index contributed by atoms with van der Waals surface area (Å²) < 4.78 is 11.7. The number of ether oxygens (including phenoxy) is 2. The molecule has 0 radical (unpaired) electrons. The first-order chi connectivity index (χ1) is 17.5. The van der Waals surface area contributed by atoms with Gasteiger partial charge in [-0.25, -0.2) is 4.90 Å². The van der Waals surface area contributed by atoms with Gasteiger partial charge in [-0.15, -0.1) is 0 Å². The zero-order valence-electron chi connectivity index (χ0n) is 19.9. The molecule has 1 saturated heterocycles. The third kappa shape index (κ3) is 3.50. The molecule has 180 valence electrons. The molecule has 2 aliphatic carbocycles. The fourth-order valence-electron chi connectivity index (χ4n) is 5.98. The van der Waals surface area contributed by atoms with Gasteiger partial charge in [-0.2, -0.15) is 0 Å². The Balaban J connectivity index is 1.48. The van der Waals surface area contributed by atoms with Crippen LogP contribution < -0.4 is 14.4 Å². The predicted octanol–water partition coefficient (Wildman–Crippen LogP) is 5.73. The zero-order chi connectivity index (χ0) is 25.0. The number of hydrogen-bond donors (Lipinski definition) is 0. The molecule has 2 amide bonds. The second kappa shape index (κ2) is 8.92. The zero-order valence-corrected chi connectivity index (χ0v) is 22.0. The Morgan fingerprint density at radius 2 is 1.25 bits per heavy atom. The van der Waals surface area contributed by atoms with Gasteiger partial charge in [0.1, 0.15) is 11.5 Å². The highest BCUT2D eigenvalue weighted by molar-refractivity contribution is 14.1. The van der Waals surface area contributed by atoms with Crippen LogP contribution in [0.2, 0.25) is 0 Å². The van der Waals surface area contributed by atoms with Crippen LogP contribution in [0.1, 0.15) is 11.1 Å². The van der Waals surface area contributed by atoms with Crippen LogP contribution in [-0.4, -0.2) is 26.0 Å². The maximum atomic E-state index is 13.7. The molecule has 0 unspecified atom stereocenters. The highest BCUT2D eigenvalue weighted by atomic mass is 127. The van der Waals surface area contributed by atoms with Gasteiger partial charge in [-0.3, -0.25) is 9.59 Å². The van der Waals surface area contributed by atoms with Gasteiger partial charge < -0.3 is 9.47 Å². The van der Waals surface area contributed by atoms with E-state index < -0.39 is 0 Å². The van der Waals surface area contributed by atoms with E-state index in [2.05, 4.69) is 34.7 Å². The van der Waals surface area contributed by atoms with E-state index in [0.717, 1.165) is 37.3 Å². The first-order valence-electron chi connectivity index (χ1n) is 11.9. The maximum Gasteiger partial charge on any atom is 0.238 e. The smallest absolute Gasteiger partial charge is 0.238 e. The van der Waals surface area contributed by atoms with Gasteiger partial charge in [0, 0.05) is 15.4 Å². The predicted molar refractivity (Wildman–Crippen MR) is 147 cm³/mol. The van der Waals surface area contributed by atoms with Gasteiger partial charge in [0.15, 0.2) is 0 Å². The van der Waals surface area contributed by atoms with Crippen molar-refractivity contribution in [2.24, 2.45) is 23.7 Å². The molecule has 3 aliphatic rings. The number of benzene rings is 3. The minimum absolute atomic E-state index is 0.106. The molecule has 3 aromatic rings. The minimum atomic E-state index is -0.383. The monoisotopic (exact) mass is 589 g/mol. The van der Waals surface area contributed by atoms with E-state index in [-0.39, 0.29) is 35.5 Å². The molecular weight excluding hydrogens is 565 g/mol. The third-order valence-electron chi connectivity index (χ3n) is 7.53. The second-order valence-corrected chi connectivity index (χ2v) is 10.5. The lowest BCUT2D eigenvalue weighted by atomic mass is 9.85. The van der Waals surface area contributed by atoms with Crippen LogP contribution in [0.3, 0.4) is 0 Å². The van der Waals surface area contributed by atoms with Gasteiger partial charge >= 0.3 is 0 Å². The molecule has 0 aromatic heterocycles. The SMILES string of the molecule is COc1ccc(C(=C2[C@H]3C=C[C@H]2[C@H]2C(=O)N(c4cccc(I)c4)C(=O)[C@@H]23)c2ccc(OC)cc2)cc1. The van der Waals surface area contributed by atoms with E-state index in [9.17, 15) is 9.59 Å². The fourth-order valence-corrected chi connectivity index (χ4v) is 6.51. The Kier molecular flexibility index (Phi) is 5.71. The van der Waals surface area contributed by atoms with Crippen molar-refractivity contribution in [3.05, 3.63) is 105 Å². The Morgan fingerprint density at radius 1 is 0.750 bits per heavy atom. The van der Waals surface area contributed by atoms with Crippen molar-refractivity contribution in [2.45, 2.75) is 0 Å². The van der Waals surface area contributed by atoms with E-state index in [0.29, 0.717) is 5.69 Å². The number of hydrogen-bond acceptors (Lipinski definition) is 4. The third-order valence-corrected chi connectivity index (χ3v) is 8.20. The molecule has 0 spiro atoms. The fraction of sp³-hybridized carbons (Fsp3) is 0.200. The summed E-state index contributed by atoms with van der Waals surface area (Å²) in [6.07, 6.45) is 4.25. The van der Waals surface area contributed by atoms with Crippen molar-refractivity contribution in [3.63, 3.8) is 0 Å². The number of nitrogens with zero attached hydrogens (tertiary/aromatic N) is 1. The molecule has 6 heteroatoms. The Bertz CT molecular complexity index is 1340. The molecular formula is C30H24INO4. The number of carbonyl (C=O) groups excluding carboxylic acids is 2. The summed E-state index contributed by atoms with van der Waals surface area (Å²) >= 11 is 2.21. The summed E-state index contributed by atoms with van der Waals surface area (Å²) in [5.41, 5.74) is 4.93. The quantitative estimate of drug-likeness (QED) is 0.217. The number of halogens is 1. The molecule has 5 nitrogen and oxygen atoms in total. The van der Waals surface area contributed by atoms with Crippen LogP contribution in [0.5, 0.6) is 11.5 Å². The van der Waals surface area contributed by atoms with Crippen molar-refractivity contribution in [1.82, 2.24) is 0 Å². The summed E-state index contributed by atoms with van der Waals surface area (Å²) in [7, 11) is 3.30. The van der Waals surface area contributed by atoms with Crippen LogP contribution >= 0.6 is 22.6 Å². The van der Waals surface area contributed by atoms with Crippen LogP contribution in [0.4, 0.5) is 5.69 Å². The van der Waals surface area contributed by atoms with E-state index in [4.69, 9.17) is 9.47 Å². The van der Waals surface area contributed by atoms with Crippen LogP contribution in [0.15, 0.2) is 90.5 Å². The Morgan fingerprint density at radius 3 is 1.69 bits per heavy atom. The van der Waals surface area contributed by atoms with Gasteiger partial charge in [-0.1, -0.05) is 42.5 Å². The van der Waals surface area contributed by atoms with Crippen LogP contribution in [0.25, 0.3) is 5.57 Å². The molecule has 2 fully saturated rings. The Hall–Kier alpha value is -3.39. The average molecular weight is 589 g/mol. The number of amides is 2. The summed E-state index contributed by atoms with van der Waals surface area (Å²) in [5, 5.41) is 0. The number of methoxy groups -OCH3 is 2. The molecule has 36 heavy (non-hydrogen) atoms. The number of fused-ring (bicyclic) bond motifs is 5. The standard InChI is InChI=1S/C30H24INO4/c1-35-21-10-6-17(7-11-21)25(18-8-12-22(36-2)13-9-18)26-23-14-15-24(26)28-27(23)29(33)32(30(28)34)20-5-3-4-19(31)16-20/h3-16,23-24,27-28H,1-2H3/t23-,24-,27-,28-/m1/s1. The summed E-state index contributed by atoms with van der Waals surface area (Å²) in [6, 6.07) is 23.5.